The van der Waals surface area contributed by atoms with Gasteiger partial charge in [-0.15, -0.1) is 0 Å². The topological polar surface area (TPSA) is 21.3 Å². The Hall–Kier alpha value is -0.670. The Morgan fingerprint density at radius 3 is 2.76 bits per heavy atom. The largest absolute Gasteiger partial charge is 0.496 e. The summed E-state index contributed by atoms with van der Waals surface area (Å²) in [6.07, 6.45) is 3.28. The first-order chi connectivity index (χ1) is 8.22. The highest BCUT2D eigenvalue weighted by molar-refractivity contribution is 7.97. The van der Waals surface area contributed by atoms with E-state index in [0.717, 1.165) is 24.5 Å². The Labute approximate surface area is 109 Å². The van der Waals surface area contributed by atoms with E-state index in [1.54, 1.807) is 7.11 Å². The Bertz CT molecular complexity index is 341. The third-order valence-corrected chi connectivity index (χ3v) is 3.40. The maximum absolute atomic E-state index is 5.38. The van der Waals surface area contributed by atoms with Crippen molar-refractivity contribution in [2.75, 3.05) is 19.9 Å². The summed E-state index contributed by atoms with van der Waals surface area (Å²) in [4.78, 5) is 0. The van der Waals surface area contributed by atoms with Gasteiger partial charge in [-0.2, -0.15) is 11.8 Å². The summed E-state index contributed by atoms with van der Waals surface area (Å²) in [5.74, 6) is 1.99. The van der Waals surface area contributed by atoms with Crippen LogP contribution in [0.25, 0.3) is 0 Å². The van der Waals surface area contributed by atoms with Gasteiger partial charge in [0.15, 0.2) is 0 Å². The quantitative estimate of drug-likeness (QED) is 0.802. The molecule has 1 rings (SSSR count). The van der Waals surface area contributed by atoms with Crippen molar-refractivity contribution >= 4 is 11.8 Å². The van der Waals surface area contributed by atoms with Gasteiger partial charge in [0.25, 0.3) is 0 Å². The van der Waals surface area contributed by atoms with Gasteiger partial charge in [-0.05, 0) is 43.8 Å². The van der Waals surface area contributed by atoms with E-state index in [4.69, 9.17) is 4.74 Å². The summed E-state index contributed by atoms with van der Waals surface area (Å²) in [6.45, 7) is 5.46. The molecule has 1 N–H and O–H groups in total. The van der Waals surface area contributed by atoms with E-state index in [1.807, 2.05) is 11.8 Å². The van der Waals surface area contributed by atoms with Crippen LogP contribution < -0.4 is 10.1 Å². The van der Waals surface area contributed by atoms with Gasteiger partial charge >= 0.3 is 0 Å². The molecule has 3 heteroatoms. The van der Waals surface area contributed by atoms with E-state index in [9.17, 15) is 0 Å². The van der Waals surface area contributed by atoms with Crippen molar-refractivity contribution in [3.63, 3.8) is 0 Å². The first-order valence-electron chi connectivity index (χ1n) is 6.12. The van der Waals surface area contributed by atoms with Crippen molar-refractivity contribution in [3.8, 4) is 5.75 Å². The number of methoxy groups -OCH3 is 1. The van der Waals surface area contributed by atoms with Gasteiger partial charge in [-0.25, -0.2) is 0 Å². The molecule has 0 spiro atoms. The van der Waals surface area contributed by atoms with Crippen LogP contribution in [0, 0.1) is 0 Å². The lowest BCUT2D eigenvalue weighted by molar-refractivity contribution is 0.411. The molecule has 0 amide bonds. The molecule has 17 heavy (non-hydrogen) atoms. The van der Waals surface area contributed by atoms with Crippen LogP contribution in [0.2, 0.25) is 0 Å². The molecule has 1 aromatic carbocycles. The number of thioether (sulfide) groups is 1. The van der Waals surface area contributed by atoms with Crippen LogP contribution in [0.1, 0.15) is 37.4 Å². The Kier molecular flexibility index (Phi) is 6.45. The minimum atomic E-state index is 0.404. The van der Waals surface area contributed by atoms with Crippen molar-refractivity contribution in [1.82, 2.24) is 5.32 Å². The maximum atomic E-state index is 5.38. The zero-order valence-electron chi connectivity index (χ0n) is 11.2. The van der Waals surface area contributed by atoms with Gasteiger partial charge in [0.05, 0.1) is 7.11 Å². The Morgan fingerprint density at radius 2 is 2.18 bits per heavy atom. The highest BCUT2D eigenvalue weighted by Gasteiger charge is 2.08. The predicted octanol–water partition coefficient (Wildman–Crippen LogP) is 3.62. The van der Waals surface area contributed by atoms with Crippen LogP contribution in [-0.4, -0.2) is 19.9 Å². The molecule has 96 valence electrons. The molecule has 0 aliphatic heterocycles. The maximum Gasteiger partial charge on any atom is 0.122 e. The van der Waals surface area contributed by atoms with E-state index < -0.39 is 0 Å². The average molecular weight is 253 g/mol. The number of ether oxygens (including phenoxy) is 1. The van der Waals surface area contributed by atoms with E-state index in [0.29, 0.717) is 6.04 Å². The number of rotatable bonds is 7. The van der Waals surface area contributed by atoms with Crippen molar-refractivity contribution in [2.45, 2.75) is 32.1 Å². The minimum Gasteiger partial charge on any atom is -0.496 e. The summed E-state index contributed by atoms with van der Waals surface area (Å²) in [5, 5.41) is 3.51. The molecule has 0 aliphatic rings. The fourth-order valence-electron chi connectivity index (χ4n) is 1.81. The van der Waals surface area contributed by atoms with Crippen molar-refractivity contribution in [2.24, 2.45) is 0 Å². The van der Waals surface area contributed by atoms with Crippen molar-refractivity contribution < 1.29 is 4.74 Å². The van der Waals surface area contributed by atoms with Crippen LogP contribution in [0.5, 0.6) is 5.75 Å². The molecule has 1 atom stereocenters. The van der Waals surface area contributed by atoms with E-state index in [1.165, 1.54) is 11.1 Å². The molecule has 0 saturated carbocycles. The van der Waals surface area contributed by atoms with E-state index in [2.05, 4.69) is 43.6 Å². The number of hydrogen-bond donors (Lipinski definition) is 1. The molecule has 0 radical (unpaired) electrons. The summed E-state index contributed by atoms with van der Waals surface area (Å²) >= 11 is 1.82. The van der Waals surface area contributed by atoms with Crippen LogP contribution >= 0.6 is 11.8 Å². The van der Waals surface area contributed by atoms with Crippen molar-refractivity contribution in [3.05, 3.63) is 29.3 Å². The van der Waals surface area contributed by atoms with Gasteiger partial charge in [-0.3, -0.25) is 0 Å². The zero-order chi connectivity index (χ0) is 12.7. The monoisotopic (exact) mass is 253 g/mol. The third kappa shape index (κ3) is 4.25. The SMILES string of the molecule is CCCNC(C)c1ccc(OC)c(CSC)c1. The van der Waals surface area contributed by atoms with Gasteiger partial charge in [0, 0.05) is 17.4 Å². The lowest BCUT2D eigenvalue weighted by Gasteiger charge is -2.16. The highest BCUT2D eigenvalue weighted by Crippen LogP contribution is 2.26. The Morgan fingerprint density at radius 1 is 1.41 bits per heavy atom. The second-order valence-electron chi connectivity index (χ2n) is 4.18. The van der Waals surface area contributed by atoms with Gasteiger partial charge in [-0.1, -0.05) is 13.0 Å². The summed E-state index contributed by atoms with van der Waals surface area (Å²) in [7, 11) is 1.73. The van der Waals surface area contributed by atoms with Gasteiger partial charge < -0.3 is 10.1 Å². The van der Waals surface area contributed by atoms with E-state index in [-0.39, 0.29) is 0 Å². The number of benzene rings is 1. The van der Waals surface area contributed by atoms with Crippen LogP contribution in [0.4, 0.5) is 0 Å². The normalized spacial score (nSPS) is 12.5. The fourth-order valence-corrected chi connectivity index (χ4v) is 2.35. The number of nitrogens with one attached hydrogen (secondary N) is 1. The van der Waals surface area contributed by atoms with E-state index >= 15 is 0 Å². The minimum absolute atomic E-state index is 0.404. The molecule has 1 aromatic rings. The molecule has 1 unspecified atom stereocenters. The summed E-state index contributed by atoms with van der Waals surface area (Å²) in [6, 6.07) is 6.88. The summed E-state index contributed by atoms with van der Waals surface area (Å²) < 4.78 is 5.38. The molecule has 0 bridgehead atoms. The molecule has 0 saturated heterocycles. The Balaban J connectivity index is 2.83. The molecule has 0 fully saturated rings. The third-order valence-electron chi connectivity index (χ3n) is 2.80. The molecule has 2 nitrogen and oxygen atoms in total. The first-order valence-corrected chi connectivity index (χ1v) is 7.51. The zero-order valence-corrected chi connectivity index (χ0v) is 12.1. The molecule has 0 aromatic heterocycles. The molecule has 0 heterocycles. The molecule has 0 aliphatic carbocycles. The second kappa shape index (κ2) is 7.62. The molecular formula is C14H23NOS. The fraction of sp³-hybridized carbons (Fsp3) is 0.571. The lowest BCUT2D eigenvalue weighted by atomic mass is 10.0. The average Bonchev–Trinajstić information content (AvgIpc) is 2.36. The van der Waals surface area contributed by atoms with Gasteiger partial charge in [0.2, 0.25) is 0 Å². The predicted molar refractivity (Wildman–Crippen MR) is 76.9 cm³/mol. The number of hydrogen-bond acceptors (Lipinski definition) is 3. The molecular weight excluding hydrogens is 230 g/mol. The van der Waals surface area contributed by atoms with Crippen molar-refractivity contribution in [1.29, 1.82) is 0 Å². The highest BCUT2D eigenvalue weighted by atomic mass is 32.2. The van der Waals surface area contributed by atoms with Crippen LogP contribution in [0.3, 0.4) is 0 Å². The van der Waals surface area contributed by atoms with Crippen LogP contribution in [0.15, 0.2) is 18.2 Å². The first kappa shape index (κ1) is 14.4. The summed E-state index contributed by atoms with van der Waals surface area (Å²) in [5.41, 5.74) is 2.62. The van der Waals surface area contributed by atoms with Crippen LogP contribution in [-0.2, 0) is 5.75 Å². The standard InChI is InChI=1S/C14H23NOS/c1-5-8-15-11(2)12-6-7-14(16-3)13(9-12)10-17-4/h6-7,9,11,15H,5,8,10H2,1-4H3. The smallest absolute Gasteiger partial charge is 0.122 e. The van der Waals surface area contributed by atoms with Gasteiger partial charge in [0.1, 0.15) is 5.75 Å². The lowest BCUT2D eigenvalue weighted by Crippen LogP contribution is -2.19. The second-order valence-corrected chi connectivity index (χ2v) is 5.05.